The molecule has 0 aliphatic carbocycles. The van der Waals surface area contributed by atoms with E-state index in [1.165, 1.54) is 0 Å². The Balaban J connectivity index is 0.00000289. The summed E-state index contributed by atoms with van der Waals surface area (Å²) in [6, 6.07) is 2.62. The van der Waals surface area contributed by atoms with Crippen LogP contribution < -0.4 is 10.5 Å². The van der Waals surface area contributed by atoms with E-state index in [1.54, 1.807) is 0 Å². The summed E-state index contributed by atoms with van der Waals surface area (Å²) in [5, 5.41) is 0. The summed E-state index contributed by atoms with van der Waals surface area (Å²) < 4.78 is 67.2. The average molecular weight is 357 g/mol. The molecule has 0 bridgehead atoms. The molecule has 1 aromatic carbocycles. The quantitative estimate of drug-likeness (QED) is 0.836. The average Bonchev–Trinajstić information content (AvgIpc) is 2.19. The molecule has 0 spiro atoms. The van der Waals surface area contributed by atoms with Gasteiger partial charge in [-0.1, -0.05) is 15.9 Å². The van der Waals surface area contributed by atoms with Crippen molar-refractivity contribution >= 4 is 28.3 Å². The predicted molar refractivity (Wildman–Crippen MR) is 61.0 cm³/mol. The molecule has 1 aromatic rings. The fraction of sp³-hybridized carbons (Fsp3) is 0.333. The van der Waals surface area contributed by atoms with Gasteiger partial charge in [0.2, 0.25) is 0 Å². The molecule has 0 amide bonds. The van der Waals surface area contributed by atoms with Crippen molar-refractivity contribution in [3.63, 3.8) is 0 Å². The number of ether oxygens (including phenoxy) is 1. The van der Waals surface area contributed by atoms with Gasteiger partial charge < -0.3 is 10.5 Å². The number of rotatable bonds is 3. The summed E-state index contributed by atoms with van der Waals surface area (Å²) in [5.41, 5.74) is 3.39. The number of nitrogens with two attached hydrogens (primary N) is 1. The Bertz CT molecular complexity index is 412. The minimum atomic E-state index is -4.79. The molecule has 104 valence electrons. The van der Waals surface area contributed by atoms with Crippen LogP contribution in [0.3, 0.4) is 0 Å². The zero-order chi connectivity index (χ0) is 13.3. The van der Waals surface area contributed by atoms with Gasteiger partial charge in [0.25, 0.3) is 0 Å². The van der Waals surface area contributed by atoms with Crippen molar-refractivity contribution in [1.29, 1.82) is 0 Å². The first-order valence-corrected chi connectivity index (χ1v) is 5.08. The molecule has 2 nitrogen and oxygen atoms in total. The number of hydrogen-bond donors (Lipinski definition) is 1. The summed E-state index contributed by atoms with van der Waals surface area (Å²) in [7, 11) is 0. The first-order valence-electron chi connectivity index (χ1n) is 4.29. The maximum absolute atomic E-state index is 12.8. The monoisotopic (exact) mass is 355 g/mol. The van der Waals surface area contributed by atoms with Crippen LogP contribution in [0.4, 0.5) is 22.0 Å². The van der Waals surface area contributed by atoms with Crippen molar-refractivity contribution in [3.8, 4) is 5.75 Å². The Morgan fingerprint density at radius 1 is 1.17 bits per heavy atom. The predicted octanol–water partition coefficient (Wildman–Crippen LogP) is 3.82. The zero-order valence-electron chi connectivity index (χ0n) is 8.60. The summed E-state index contributed by atoms with van der Waals surface area (Å²) in [4.78, 5) is 0. The molecule has 0 radical (unpaired) electrons. The molecule has 0 unspecified atom stereocenters. The summed E-state index contributed by atoms with van der Waals surface area (Å²) in [6.07, 6.45) is -8.63. The van der Waals surface area contributed by atoms with Crippen LogP contribution >= 0.6 is 28.3 Å². The Kier molecular flexibility index (Phi) is 5.83. The topological polar surface area (TPSA) is 35.2 Å². The molecule has 0 heterocycles. The Hall–Kier alpha value is -0.600. The van der Waals surface area contributed by atoms with Crippen LogP contribution in [0.2, 0.25) is 0 Å². The summed E-state index contributed by atoms with van der Waals surface area (Å²) in [5.74, 6) is -0.962. The Morgan fingerprint density at radius 2 is 1.72 bits per heavy atom. The van der Waals surface area contributed by atoms with Gasteiger partial charge >= 0.3 is 12.3 Å². The van der Waals surface area contributed by atoms with Gasteiger partial charge in [-0.05, 0) is 18.2 Å². The van der Waals surface area contributed by atoms with E-state index in [9.17, 15) is 22.0 Å². The van der Waals surface area contributed by atoms with Gasteiger partial charge in [0.15, 0.2) is 0 Å². The van der Waals surface area contributed by atoms with Gasteiger partial charge in [-0.25, -0.2) is 0 Å². The zero-order valence-corrected chi connectivity index (χ0v) is 11.0. The third-order valence-electron chi connectivity index (χ3n) is 1.74. The highest BCUT2D eigenvalue weighted by molar-refractivity contribution is 9.10. The number of halogens is 7. The number of alkyl halides is 5. The second-order valence-corrected chi connectivity index (χ2v) is 4.00. The third kappa shape index (κ3) is 4.58. The Morgan fingerprint density at radius 3 is 2.17 bits per heavy atom. The first kappa shape index (κ1) is 17.4. The number of benzene rings is 1. The van der Waals surface area contributed by atoms with Gasteiger partial charge in [0.1, 0.15) is 5.75 Å². The molecule has 0 saturated heterocycles. The SMILES string of the molecule is Cl.NCC(F)(F)Oc1ccc(Br)cc1C(F)(F)F. The fourth-order valence-corrected chi connectivity index (χ4v) is 1.38. The molecule has 18 heavy (non-hydrogen) atoms. The largest absolute Gasteiger partial charge is 0.431 e. The second kappa shape index (κ2) is 6.03. The molecule has 0 aliphatic rings. The van der Waals surface area contributed by atoms with Gasteiger partial charge in [-0.15, -0.1) is 12.4 Å². The van der Waals surface area contributed by atoms with Crippen molar-refractivity contribution < 1.29 is 26.7 Å². The standard InChI is InChI=1S/C9H7BrF5NO.ClH/c10-5-1-2-7(17-8(11,12)4-16)6(3-5)9(13,14)15;/h1-3H,4,16H2;1H. The van der Waals surface area contributed by atoms with Crippen LogP contribution in [0.5, 0.6) is 5.75 Å². The fourth-order valence-electron chi connectivity index (χ4n) is 1.02. The first-order chi connectivity index (χ1) is 7.65. The van der Waals surface area contributed by atoms with Gasteiger partial charge in [0.05, 0.1) is 12.1 Å². The highest BCUT2D eigenvalue weighted by Gasteiger charge is 2.38. The van der Waals surface area contributed by atoms with E-state index in [0.29, 0.717) is 6.07 Å². The van der Waals surface area contributed by atoms with E-state index in [-0.39, 0.29) is 16.9 Å². The lowest BCUT2D eigenvalue weighted by Crippen LogP contribution is -2.34. The third-order valence-corrected chi connectivity index (χ3v) is 2.24. The molecule has 0 fully saturated rings. The van der Waals surface area contributed by atoms with Crippen LogP contribution in [0, 0.1) is 0 Å². The summed E-state index contributed by atoms with van der Waals surface area (Å²) in [6.45, 7) is -1.21. The van der Waals surface area contributed by atoms with Crippen molar-refractivity contribution in [2.24, 2.45) is 5.73 Å². The normalized spacial score (nSPS) is 11.9. The summed E-state index contributed by atoms with van der Waals surface area (Å²) >= 11 is 2.82. The van der Waals surface area contributed by atoms with E-state index in [0.717, 1.165) is 12.1 Å². The molecule has 0 atom stereocenters. The smallest absolute Gasteiger partial charge is 0.420 e. The van der Waals surface area contributed by atoms with Crippen molar-refractivity contribution in [2.75, 3.05) is 6.54 Å². The highest BCUT2D eigenvalue weighted by atomic mass is 79.9. The van der Waals surface area contributed by atoms with Crippen molar-refractivity contribution in [1.82, 2.24) is 0 Å². The molecule has 0 aliphatic heterocycles. The maximum Gasteiger partial charge on any atom is 0.420 e. The van der Waals surface area contributed by atoms with Crippen LogP contribution in [0.1, 0.15) is 5.56 Å². The lowest BCUT2D eigenvalue weighted by Gasteiger charge is -2.19. The molecular formula is C9H8BrClF5NO. The van der Waals surface area contributed by atoms with Gasteiger partial charge in [-0.3, -0.25) is 0 Å². The van der Waals surface area contributed by atoms with E-state index in [4.69, 9.17) is 0 Å². The molecule has 1 rings (SSSR count). The molecule has 2 N–H and O–H groups in total. The second-order valence-electron chi connectivity index (χ2n) is 3.08. The minimum Gasteiger partial charge on any atom is -0.431 e. The van der Waals surface area contributed by atoms with Gasteiger partial charge in [-0.2, -0.15) is 22.0 Å². The van der Waals surface area contributed by atoms with Crippen LogP contribution in [-0.4, -0.2) is 12.7 Å². The molecule has 0 aromatic heterocycles. The van der Waals surface area contributed by atoms with Crippen LogP contribution in [0.25, 0.3) is 0 Å². The lowest BCUT2D eigenvalue weighted by molar-refractivity contribution is -0.175. The molecule has 9 heteroatoms. The maximum atomic E-state index is 12.8. The van der Waals surface area contributed by atoms with Crippen LogP contribution in [0.15, 0.2) is 22.7 Å². The Labute approximate surface area is 114 Å². The van der Waals surface area contributed by atoms with Crippen LogP contribution in [-0.2, 0) is 6.18 Å². The van der Waals surface area contributed by atoms with Crippen molar-refractivity contribution in [3.05, 3.63) is 28.2 Å². The number of hydrogen-bond acceptors (Lipinski definition) is 2. The van der Waals surface area contributed by atoms with E-state index < -0.39 is 30.1 Å². The van der Waals surface area contributed by atoms with E-state index in [1.807, 2.05) is 0 Å². The van der Waals surface area contributed by atoms with E-state index >= 15 is 0 Å². The molecule has 0 saturated carbocycles. The lowest BCUT2D eigenvalue weighted by atomic mass is 10.2. The van der Waals surface area contributed by atoms with E-state index in [2.05, 4.69) is 26.4 Å². The van der Waals surface area contributed by atoms with Crippen molar-refractivity contribution in [2.45, 2.75) is 12.3 Å². The minimum absolute atomic E-state index is 0. The molecular weight excluding hydrogens is 348 g/mol. The highest BCUT2D eigenvalue weighted by Crippen LogP contribution is 2.39. The van der Waals surface area contributed by atoms with Gasteiger partial charge in [0, 0.05) is 4.47 Å².